The van der Waals surface area contributed by atoms with Crippen LogP contribution in [0, 0.1) is 10.1 Å². The highest BCUT2D eigenvalue weighted by atomic mass is 16.6. The predicted octanol–water partition coefficient (Wildman–Crippen LogP) is 1.75. The fraction of sp³-hybridized carbons (Fsp3) is 0. The van der Waals surface area contributed by atoms with Gasteiger partial charge in [-0.1, -0.05) is 18.2 Å². The molecule has 0 unspecified atom stereocenters. The van der Waals surface area contributed by atoms with Gasteiger partial charge in [0.25, 0.3) is 11.6 Å². The first kappa shape index (κ1) is 13.3. The maximum atomic E-state index is 11.6. The SMILES string of the molecule is O=C(N/N=C/c1cccc([N+](=O)[O-])c1)c1ccccn1. The van der Waals surface area contributed by atoms with Gasteiger partial charge < -0.3 is 0 Å². The number of carbonyl (C=O) groups excluding carboxylic acids is 1. The van der Waals surface area contributed by atoms with E-state index in [1.54, 1.807) is 30.3 Å². The molecule has 1 heterocycles. The van der Waals surface area contributed by atoms with Gasteiger partial charge in [0.1, 0.15) is 5.69 Å². The van der Waals surface area contributed by atoms with Crippen LogP contribution in [-0.4, -0.2) is 22.0 Å². The molecule has 2 aromatic rings. The molecule has 20 heavy (non-hydrogen) atoms. The van der Waals surface area contributed by atoms with Crippen molar-refractivity contribution in [1.82, 2.24) is 10.4 Å². The molecule has 2 rings (SSSR count). The molecule has 0 fully saturated rings. The van der Waals surface area contributed by atoms with Gasteiger partial charge in [0.15, 0.2) is 0 Å². The van der Waals surface area contributed by atoms with Crippen molar-refractivity contribution in [3.05, 3.63) is 70.0 Å². The zero-order valence-electron chi connectivity index (χ0n) is 10.3. The van der Waals surface area contributed by atoms with Crippen LogP contribution in [0.4, 0.5) is 5.69 Å². The smallest absolute Gasteiger partial charge is 0.266 e. The minimum atomic E-state index is -0.496. The number of carbonyl (C=O) groups is 1. The molecule has 1 amide bonds. The Morgan fingerprint density at radius 2 is 2.15 bits per heavy atom. The maximum absolute atomic E-state index is 11.6. The van der Waals surface area contributed by atoms with Gasteiger partial charge in [0, 0.05) is 23.9 Å². The number of aromatic nitrogens is 1. The molecule has 100 valence electrons. The molecule has 1 N–H and O–H groups in total. The van der Waals surface area contributed by atoms with Crippen molar-refractivity contribution < 1.29 is 9.72 Å². The summed E-state index contributed by atoms with van der Waals surface area (Å²) < 4.78 is 0. The summed E-state index contributed by atoms with van der Waals surface area (Å²) in [5, 5.41) is 14.3. The first-order chi connectivity index (χ1) is 9.66. The number of benzene rings is 1. The molecule has 0 saturated heterocycles. The van der Waals surface area contributed by atoms with E-state index in [0.29, 0.717) is 5.56 Å². The molecule has 7 heteroatoms. The van der Waals surface area contributed by atoms with Crippen LogP contribution in [0.25, 0.3) is 0 Å². The fourth-order valence-corrected chi connectivity index (χ4v) is 1.44. The summed E-state index contributed by atoms with van der Waals surface area (Å²) >= 11 is 0. The topological polar surface area (TPSA) is 97.5 Å². The molecule has 0 aliphatic heterocycles. The molecule has 0 bridgehead atoms. The number of nitrogens with one attached hydrogen (secondary N) is 1. The summed E-state index contributed by atoms with van der Waals surface area (Å²) in [5.41, 5.74) is 3.01. The predicted molar refractivity (Wildman–Crippen MR) is 72.4 cm³/mol. The van der Waals surface area contributed by atoms with E-state index in [0.717, 1.165) is 0 Å². The molecule has 0 aliphatic rings. The van der Waals surface area contributed by atoms with Crippen molar-refractivity contribution in [2.75, 3.05) is 0 Å². The van der Waals surface area contributed by atoms with Gasteiger partial charge in [-0.05, 0) is 12.1 Å². The first-order valence-corrected chi connectivity index (χ1v) is 5.66. The van der Waals surface area contributed by atoms with Crippen LogP contribution in [0.5, 0.6) is 0 Å². The van der Waals surface area contributed by atoms with Crippen molar-refractivity contribution >= 4 is 17.8 Å². The Morgan fingerprint density at radius 3 is 2.85 bits per heavy atom. The van der Waals surface area contributed by atoms with E-state index in [4.69, 9.17) is 0 Å². The third-order valence-electron chi connectivity index (χ3n) is 2.36. The number of nitrogens with zero attached hydrogens (tertiary/aromatic N) is 3. The van der Waals surface area contributed by atoms with E-state index in [-0.39, 0.29) is 11.4 Å². The van der Waals surface area contributed by atoms with E-state index in [1.807, 2.05) is 0 Å². The number of hydrazone groups is 1. The van der Waals surface area contributed by atoms with Crippen molar-refractivity contribution in [2.24, 2.45) is 5.10 Å². The minimum absolute atomic E-state index is 0.0370. The minimum Gasteiger partial charge on any atom is -0.266 e. The summed E-state index contributed by atoms with van der Waals surface area (Å²) in [6.07, 6.45) is 2.83. The van der Waals surface area contributed by atoms with Gasteiger partial charge in [-0.25, -0.2) is 5.43 Å². The van der Waals surface area contributed by atoms with Crippen LogP contribution in [0.1, 0.15) is 16.1 Å². The van der Waals surface area contributed by atoms with E-state index in [9.17, 15) is 14.9 Å². The second-order valence-corrected chi connectivity index (χ2v) is 3.77. The van der Waals surface area contributed by atoms with Gasteiger partial charge >= 0.3 is 0 Å². The van der Waals surface area contributed by atoms with Crippen molar-refractivity contribution in [3.63, 3.8) is 0 Å². The van der Waals surface area contributed by atoms with Gasteiger partial charge in [0.05, 0.1) is 11.1 Å². The molecule has 0 radical (unpaired) electrons. The Hall–Kier alpha value is -3.09. The van der Waals surface area contributed by atoms with E-state index >= 15 is 0 Å². The second kappa shape index (κ2) is 6.19. The van der Waals surface area contributed by atoms with Gasteiger partial charge in [-0.3, -0.25) is 19.9 Å². The Morgan fingerprint density at radius 1 is 1.30 bits per heavy atom. The fourth-order valence-electron chi connectivity index (χ4n) is 1.44. The molecule has 1 aromatic carbocycles. The normalized spacial score (nSPS) is 10.4. The van der Waals surface area contributed by atoms with Crippen molar-refractivity contribution in [3.8, 4) is 0 Å². The molecule has 7 nitrogen and oxygen atoms in total. The quantitative estimate of drug-likeness (QED) is 0.520. The Bertz CT molecular complexity index is 656. The molecule has 0 saturated carbocycles. The number of hydrogen-bond acceptors (Lipinski definition) is 5. The number of amides is 1. The summed E-state index contributed by atoms with van der Waals surface area (Å²) in [6.45, 7) is 0. The van der Waals surface area contributed by atoms with Crippen LogP contribution in [-0.2, 0) is 0 Å². The Kier molecular flexibility index (Phi) is 4.13. The van der Waals surface area contributed by atoms with Crippen LogP contribution < -0.4 is 5.43 Å². The number of pyridine rings is 1. The Labute approximate surface area is 114 Å². The van der Waals surface area contributed by atoms with Crippen LogP contribution in [0.15, 0.2) is 53.8 Å². The van der Waals surface area contributed by atoms with E-state index in [1.165, 1.54) is 24.5 Å². The standard InChI is InChI=1S/C13H10N4O3/c18-13(12-6-1-2-7-14-12)16-15-9-10-4-3-5-11(8-10)17(19)20/h1-9H,(H,16,18)/b15-9+. The van der Waals surface area contributed by atoms with Crippen LogP contribution >= 0.6 is 0 Å². The van der Waals surface area contributed by atoms with Crippen LogP contribution in [0.2, 0.25) is 0 Å². The van der Waals surface area contributed by atoms with Crippen molar-refractivity contribution in [2.45, 2.75) is 0 Å². The van der Waals surface area contributed by atoms with Crippen molar-refractivity contribution in [1.29, 1.82) is 0 Å². The lowest BCUT2D eigenvalue weighted by Gasteiger charge is -1.98. The van der Waals surface area contributed by atoms with Crippen LogP contribution in [0.3, 0.4) is 0 Å². The number of nitro groups is 1. The highest BCUT2D eigenvalue weighted by Crippen LogP contribution is 2.11. The molecule has 1 aromatic heterocycles. The number of hydrogen-bond donors (Lipinski definition) is 1. The lowest BCUT2D eigenvalue weighted by molar-refractivity contribution is -0.384. The lowest BCUT2D eigenvalue weighted by Crippen LogP contribution is -2.18. The largest absolute Gasteiger partial charge is 0.289 e. The third-order valence-corrected chi connectivity index (χ3v) is 2.36. The van der Waals surface area contributed by atoms with Gasteiger partial charge in [-0.15, -0.1) is 0 Å². The van der Waals surface area contributed by atoms with E-state index < -0.39 is 10.8 Å². The van der Waals surface area contributed by atoms with Gasteiger partial charge in [0.2, 0.25) is 0 Å². The summed E-state index contributed by atoms with van der Waals surface area (Å²) in [6, 6.07) is 10.9. The highest BCUT2D eigenvalue weighted by molar-refractivity contribution is 5.93. The number of rotatable bonds is 4. The summed E-state index contributed by atoms with van der Waals surface area (Å²) in [4.78, 5) is 25.6. The van der Waals surface area contributed by atoms with E-state index in [2.05, 4.69) is 15.5 Å². The average Bonchev–Trinajstić information content (AvgIpc) is 2.48. The molecular formula is C13H10N4O3. The zero-order chi connectivity index (χ0) is 14.4. The highest BCUT2D eigenvalue weighted by Gasteiger charge is 2.05. The second-order valence-electron chi connectivity index (χ2n) is 3.77. The monoisotopic (exact) mass is 270 g/mol. The average molecular weight is 270 g/mol. The lowest BCUT2D eigenvalue weighted by atomic mass is 10.2. The Balaban J connectivity index is 2.02. The van der Waals surface area contributed by atoms with Gasteiger partial charge in [-0.2, -0.15) is 5.10 Å². The first-order valence-electron chi connectivity index (χ1n) is 5.66. The molecule has 0 aliphatic carbocycles. The number of nitro benzene ring substituents is 1. The third kappa shape index (κ3) is 3.45. The molecule has 0 spiro atoms. The zero-order valence-corrected chi connectivity index (χ0v) is 10.3. The summed E-state index contributed by atoms with van der Waals surface area (Å²) in [5.74, 6) is -0.452. The molecule has 0 atom stereocenters. The number of non-ortho nitro benzene ring substituents is 1. The summed E-state index contributed by atoms with van der Waals surface area (Å²) in [7, 11) is 0. The maximum Gasteiger partial charge on any atom is 0.289 e. The molecular weight excluding hydrogens is 260 g/mol.